The highest BCUT2D eigenvalue weighted by atomic mass is 32.2. The zero-order chi connectivity index (χ0) is 34.4. The summed E-state index contributed by atoms with van der Waals surface area (Å²) in [6.07, 6.45) is 3.57. The lowest BCUT2D eigenvalue weighted by Gasteiger charge is -2.43. The average Bonchev–Trinajstić information content (AvgIpc) is 2.94. The molecule has 0 atom stereocenters. The van der Waals surface area contributed by atoms with Gasteiger partial charge in [0.05, 0.1) is 16.6 Å². The summed E-state index contributed by atoms with van der Waals surface area (Å²) in [5.41, 5.74) is 3.56. The zero-order valence-corrected chi connectivity index (χ0v) is 28.4. The third kappa shape index (κ3) is 5.81. The predicted molar refractivity (Wildman–Crippen MR) is 181 cm³/mol. The van der Waals surface area contributed by atoms with Crippen LogP contribution in [0.4, 0.5) is 11.4 Å². The van der Waals surface area contributed by atoms with Crippen LogP contribution in [-0.2, 0) is 20.2 Å². The topological polar surface area (TPSA) is 162 Å². The first kappa shape index (κ1) is 32.8. The highest BCUT2D eigenvalue weighted by Gasteiger charge is 2.39. The van der Waals surface area contributed by atoms with E-state index in [1.807, 2.05) is 51.6 Å². The molecule has 6 rings (SSSR count). The fraction of sp³-hybridized carbons (Fsp3) is 0.324. The molecular weight excluding hydrogens is 645 g/mol. The van der Waals surface area contributed by atoms with Gasteiger partial charge in [-0.15, -0.1) is 0 Å². The Bertz CT molecular complexity index is 2030. The van der Waals surface area contributed by atoms with Crippen LogP contribution in [0, 0.1) is 0 Å². The highest BCUT2D eigenvalue weighted by Crippen LogP contribution is 2.54. The second-order valence-corrected chi connectivity index (χ2v) is 16.4. The number of carbonyl (C=O) groups is 1. The summed E-state index contributed by atoms with van der Waals surface area (Å²) < 4.78 is 74.9. The Morgan fingerprint density at radius 3 is 1.57 bits per heavy atom. The summed E-state index contributed by atoms with van der Waals surface area (Å²) in [5, 5.41) is 10.2. The Kier molecular flexibility index (Phi) is 7.44. The molecule has 0 radical (unpaired) electrons. The van der Waals surface area contributed by atoms with Crippen LogP contribution < -0.4 is 14.5 Å². The van der Waals surface area contributed by atoms with E-state index >= 15 is 0 Å². The number of anilines is 2. The first-order chi connectivity index (χ1) is 21.7. The third-order valence-corrected chi connectivity index (χ3v) is 10.8. The van der Waals surface area contributed by atoms with Crippen LogP contribution in [0.5, 0.6) is 11.5 Å². The molecule has 47 heavy (non-hydrogen) atoms. The summed E-state index contributed by atoms with van der Waals surface area (Å²) >= 11 is 0. The van der Waals surface area contributed by atoms with Crippen molar-refractivity contribution in [2.45, 2.75) is 44.7 Å². The molecule has 0 bridgehead atoms. The lowest BCUT2D eigenvalue weighted by atomic mass is 9.77. The number of nitrogens with zero attached hydrogens (tertiary/aromatic N) is 2. The van der Waals surface area contributed by atoms with Crippen molar-refractivity contribution in [3.8, 4) is 11.5 Å². The molecule has 0 saturated heterocycles. The van der Waals surface area contributed by atoms with E-state index in [-0.39, 0.29) is 5.56 Å². The molecule has 0 fully saturated rings. The Labute approximate surface area is 274 Å². The monoisotopic (exact) mass is 680 g/mol. The summed E-state index contributed by atoms with van der Waals surface area (Å²) in [7, 11) is -5.08. The number of benzene rings is 3. The van der Waals surface area contributed by atoms with E-state index in [0.717, 1.165) is 0 Å². The molecule has 3 heterocycles. The van der Waals surface area contributed by atoms with Gasteiger partial charge in [0.15, 0.2) is 0 Å². The fourth-order valence-electron chi connectivity index (χ4n) is 6.89. The normalized spacial score (nSPS) is 18.2. The minimum Gasteiger partial charge on any atom is -0.478 e. The predicted octanol–water partition coefficient (Wildman–Crippen LogP) is 5.67. The number of fused-ring (bicyclic) bond motifs is 4. The molecule has 3 aliphatic rings. The van der Waals surface area contributed by atoms with Crippen LogP contribution in [0.3, 0.4) is 0 Å². The number of aromatic carboxylic acids is 1. The van der Waals surface area contributed by atoms with Gasteiger partial charge >= 0.3 is 5.97 Å². The molecule has 3 aromatic carbocycles. The van der Waals surface area contributed by atoms with Gasteiger partial charge in [0.25, 0.3) is 20.2 Å². The highest BCUT2D eigenvalue weighted by molar-refractivity contribution is 7.86. The first-order valence-corrected chi connectivity index (χ1v) is 18.1. The van der Waals surface area contributed by atoms with Crippen molar-refractivity contribution in [1.82, 2.24) is 0 Å². The van der Waals surface area contributed by atoms with Crippen LogP contribution >= 0.6 is 0 Å². The van der Waals surface area contributed by atoms with Crippen molar-refractivity contribution in [3.63, 3.8) is 0 Å². The maximum atomic E-state index is 12.5. The van der Waals surface area contributed by atoms with Crippen molar-refractivity contribution in [2.75, 3.05) is 35.4 Å². The Hall–Kier alpha value is -4.17. The molecule has 0 spiro atoms. The molecule has 0 unspecified atom stereocenters. The maximum absolute atomic E-state index is 12.5. The largest absolute Gasteiger partial charge is 0.478 e. The van der Waals surface area contributed by atoms with E-state index in [4.69, 9.17) is 4.74 Å². The van der Waals surface area contributed by atoms with E-state index in [9.17, 15) is 35.8 Å². The Balaban J connectivity index is 1.66. The van der Waals surface area contributed by atoms with E-state index in [2.05, 4.69) is 0 Å². The second kappa shape index (κ2) is 10.7. The number of ether oxygens (including phenoxy) is 1. The van der Waals surface area contributed by atoms with E-state index in [1.54, 1.807) is 54.6 Å². The number of rotatable bonds is 6. The Morgan fingerprint density at radius 1 is 0.745 bits per heavy atom. The SMILES string of the molecule is CN1c2cc3c(cc2C(CS(=O)(=O)O)=CC1(C)C)C(c1ccccc1C(=O)O)c1cc2c(cc1O3)N(C)C(C)(C)C=C2CS(=O)(=O)O. The lowest BCUT2D eigenvalue weighted by Crippen LogP contribution is -2.43. The van der Waals surface area contributed by atoms with Crippen molar-refractivity contribution in [3.05, 3.63) is 94.1 Å². The molecule has 3 N–H and O–H groups in total. The minimum absolute atomic E-state index is 0.0469. The minimum atomic E-state index is -4.41. The van der Waals surface area contributed by atoms with Gasteiger partial charge in [0, 0.05) is 65.8 Å². The van der Waals surface area contributed by atoms with Crippen LogP contribution in [0.15, 0.2) is 60.7 Å². The Morgan fingerprint density at radius 2 is 1.17 bits per heavy atom. The molecule has 0 aromatic heterocycles. The molecular formula is C34H36N2O9S2. The van der Waals surface area contributed by atoms with Crippen molar-refractivity contribution < 1.29 is 40.6 Å². The van der Waals surface area contributed by atoms with Gasteiger partial charge in [-0.1, -0.05) is 30.4 Å². The molecule has 0 amide bonds. The van der Waals surface area contributed by atoms with Gasteiger partial charge in [0.2, 0.25) is 0 Å². The van der Waals surface area contributed by atoms with Crippen molar-refractivity contribution in [2.24, 2.45) is 0 Å². The molecule has 3 aliphatic heterocycles. The van der Waals surface area contributed by atoms with Gasteiger partial charge < -0.3 is 19.6 Å². The standard InChI is InChI=1S/C34H36N2O9S2/c1-33(2)15-19(17-46(39,40)41)23-11-25-29(13-27(23)35(33)5)45-30-14-28-24(20(18-47(42,43)44)16-34(3,4)36(28)6)12-26(30)31(25)21-9-7-8-10-22(21)32(37)38/h7-16,31H,17-18H2,1-6H3,(H,37,38)(H,39,40,41)(H,42,43,44). The molecule has 248 valence electrons. The third-order valence-electron chi connectivity index (χ3n) is 9.47. The fourth-order valence-corrected chi connectivity index (χ4v) is 8.15. The maximum Gasteiger partial charge on any atom is 0.335 e. The smallest absolute Gasteiger partial charge is 0.335 e. The van der Waals surface area contributed by atoms with Gasteiger partial charge in [-0.2, -0.15) is 16.8 Å². The summed E-state index contributed by atoms with van der Waals surface area (Å²) in [5.74, 6) is -2.26. The number of carboxylic acids is 1. The van der Waals surface area contributed by atoms with Crippen LogP contribution in [-0.4, -0.2) is 73.7 Å². The first-order valence-electron chi connectivity index (χ1n) is 14.8. The number of carboxylic acid groups (broad SMARTS) is 1. The van der Waals surface area contributed by atoms with Crippen LogP contribution in [0.2, 0.25) is 0 Å². The van der Waals surface area contributed by atoms with Crippen molar-refractivity contribution in [1.29, 1.82) is 0 Å². The van der Waals surface area contributed by atoms with E-state index in [0.29, 0.717) is 61.8 Å². The van der Waals surface area contributed by atoms with E-state index in [1.165, 1.54) is 6.07 Å². The van der Waals surface area contributed by atoms with E-state index < -0.39 is 54.7 Å². The number of likely N-dealkylation sites (N-methyl/N-ethyl adjacent to an activating group) is 2. The number of hydrogen-bond donors (Lipinski definition) is 3. The molecule has 0 saturated carbocycles. The summed E-state index contributed by atoms with van der Waals surface area (Å²) in [4.78, 5) is 16.5. The summed E-state index contributed by atoms with van der Waals surface area (Å²) in [6, 6.07) is 13.7. The molecule has 3 aromatic rings. The van der Waals surface area contributed by atoms with Crippen molar-refractivity contribution >= 4 is 48.7 Å². The van der Waals surface area contributed by atoms with Crippen LogP contribution in [0.25, 0.3) is 11.1 Å². The van der Waals surface area contributed by atoms with Gasteiger partial charge in [-0.3, -0.25) is 9.11 Å². The van der Waals surface area contributed by atoms with Gasteiger partial charge in [-0.05, 0) is 62.6 Å². The molecule has 13 heteroatoms. The second-order valence-electron chi connectivity index (χ2n) is 13.5. The lowest BCUT2D eigenvalue weighted by molar-refractivity contribution is 0.0695. The summed E-state index contributed by atoms with van der Waals surface area (Å²) in [6.45, 7) is 7.68. The number of hydrogen-bond acceptors (Lipinski definition) is 8. The van der Waals surface area contributed by atoms with Gasteiger partial charge in [0.1, 0.15) is 23.0 Å². The zero-order valence-electron chi connectivity index (χ0n) is 26.8. The quantitative estimate of drug-likeness (QED) is 0.215. The van der Waals surface area contributed by atoms with Crippen LogP contribution in [0.1, 0.15) is 71.8 Å². The van der Waals surface area contributed by atoms with Gasteiger partial charge in [-0.25, -0.2) is 4.79 Å². The average molecular weight is 681 g/mol. The molecule has 0 aliphatic carbocycles. The molecule has 11 nitrogen and oxygen atoms in total.